The van der Waals surface area contributed by atoms with Crippen LogP contribution in [0.2, 0.25) is 0 Å². The maximum atomic E-state index is 12.4. The van der Waals surface area contributed by atoms with Crippen LogP contribution in [0.1, 0.15) is 39.5 Å². The highest BCUT2D eigenvalue weighted by Crippen LogP contribution is 2.25. The molecule has 1 saturated heterocycles. The molecule has 1 aliphatic rings. The lowest BCUT2D eigenvalue weighted by Crippen LogP contribution is -2.35. The molecule has 0 spiro atoms. The van der Waals surface area contributed by atoms with Gasteiger partial charge < -0.3 is 4.90 Å². The molecule has 4 rings (SSSR count). The summed E-state index contributed by atoms with van der Waals surface area (Å²) in [6, 6.07) is 14.3. The number of carbonyl (C=O) groups is 1. The van der Waals surface area contributed by atoms with Crippen LogP contribution < -0.4 is 10.2 Å². The predicted molar refractivity (Wildman–Crippen MR) is 117 cm³/mol. The van der Waals surface area contributed by atoms with Gasteiger partial charge in [0, 0.05) is 18.0 Å². The van der Waals surface area contributed by atoms with Crippen LogP contribution in [-0.2, 0) is 6.42 Å². The Morgan fingerprint density at radius 1 is 1.10 bits per heavy atom. The molecule has 3 aromatic rings. The van der Waals surface area contributed by atoms with Gasteiger partial charge >= 0.3 is 0 Å². The Bertz CT molecular complexity index is 943. The second kappa shape index (κ2) is 8.69. The zero-order valence-corrected chi connectivity index (χ0v) is 17.6. The number of piperidine rings is 1. The topological polar surface area (TPSA) is 71.0 Å². The standard InChI is InChI=1S/C22H25N5OS/c1-15-16(2)29-22(23-15)24-21(28)19-8-9-20(26-25-19)27-12-10-18(11-13-27)14-17-6-4-3-5-7-17/h3-9,18H,10-14H2,1-2H3,(H,23,24,28). The van der Waals surface area contributed by atoms with Crippen LogP contribution in [0.15, 0.2) is 42.5 Å². The molecule has 1 fully saturated rings. The summed E-state index contributed by atoms with van der Waals surface area (Å²) in [5.41, 5.74) is 2.65. The predicted octanol–water partition coefficient (Wildman–Crippen LogP) is 4.26. The van der Waals surface area contributed by atoms with E-state index in [1.54, 1.807) is 6.07 Å². The highest BCUT2D eigenvalue weighted by Gasteiger charge is 2.21. The molecular formula is C22H25N5OS. The minimum atomic E-state index is -0.278. The lowest BCUT2D eigenvalue weighted by molar-refractivity contribution is 0.102. The Balaban J connectivity index is 1.32. The molecule has 1 N–H and O–H groups in total. The van der Waals surface area contributed by atoms with E-state index in [-0.39, 0.29) is 5.91 Å². The molecule has 29 heavy (non-hydrogen) atoms. The average Bonchev–Trinajstić information content (AvgIpc) is 3.06. The zero-order chi connectivity index (χ0) is 20.2. The molecule has 0 atom stereocenters. The van der Waals surface area contributed by atoms with Crippen molar-refractivity contribution in [3.8, 4) is 0 Å². The van der Waals surface area contributed by atoms with Gasteiger partial charge in [-0.1, -0.05) is 30.3 Å². The molecule has 7 heteroatoms. The van der Waals surface area contributed by atoms with E-state index < -0.39 is 0 Å². The van der Waals surface area contributed by atoms with Gasteiger partial charge in [0.2, 0.25) is 0 Å². The highest BCUT2D eigenvalue weighted by atomic mass is 32.1. The lowest BCUT2D eigenvalue weighted by Gasteiger charge is -2.32. The van der Waals surface area contributed by atoms with E-state index in [9.17, 15) is 4.79 Å². The second-order valence-electron chi connectivity index (χ2n) is 7.51. The van der Waals surface area contributed by atoms with E-state index in [0.717, 1.165) is 48.7 Å². The van der Waals surface area contributed by atoms with E-state index in [0.29, 0.717) is 16.7 Å². The first kappa shape index (κ1) is 19.5. The Morgan fingerprint density at radius 2 is 1.86 bits per heavy atom. The van der Waals surface area contributed by atoms with Gasteiger partial charge in [0.15, 0.2) is 16.6 Å². The fourth-order valence-electron chi connectivity index (χ4n) is 3.62. The van der Waals surface area contributed by atoms with E-state index in [2.05, 4.69) is 55.7 Å². The molecule has 6 nitrogen and oxygen atoms in total. The van der Waals surface area contributed by atoms with Crippen molar-refractivity contribution in [2.24, 2.45) is 5.92 Å². The summed E-state index contributed by atoms with van der Waals surface area (Å²) in [6.45, 7) is 5.85. The molecule has 0 saturated carbocycles. The molecule has 1 amide bonds. The maximum absolute atomic E-state index is 12.4. The van der Waals surface area contributed by atoms with Crippen LogP contribution in [0.4, 0.5) is 10.9 Å². The van der Waals surface area contributed by atoms with Crippen LogP contribution in [0, 0.1) is 19.8 Å². The van der Waals surface area contributed by atoms with E-state index in [1.807, 2.05) is 19.9 Å². The van der Waals surface area contributed by atoms with Crippen molar-refractivity contribution in [1.29, 1.82) is 0 Å². The van der Waals surface area contributed by atoms with Gasteiger partial charge in [-0.2, -0.15) is 0 Å². The summed E-state index contributed by atoms with van der Waals surface area (Å²) in [7, 11) is 0. The van der Waals surface area contributed by atoms with Crippen LogP contribution >= 0.6 is 11.3 Å². The number of aromatic nitrogens is 3. The number of amides is 1. The summed E-state index contributed by atoms with van der Waals surface area (Å²) in [4.78, 5) is 20.1. The number of nitrogens with zero attached hydrogens (tertiary/aromatic N) is 4. The monoisotopic (exact) mass is 407 g/mol. The van der Waals surface area contributed by atoms with Crippen molar-refractivity contribution in [1.82, 2.24) is 15.2 Å². The van der Waals surface area contributed by atoms with Crippen LogP contribution in [0.25, 0.3) is 0 Å². The molecule has 0 aliphatic carbocycles. The molecular weight excluding hydrogens is 382 g/mol. The summed E-state index contributed by atoms with van der Waals surface area (Å²) in [6.07, 6.45) is 3.41. The van der Waals surface area contributed by atoms with Gasteiger partial charge in [0.05, 0.1) is 5.69 Å². The van der Waals surface area contributed by atoms with E-state index >= 15 is 0 Å². The first-order valence-electron chi connectivity index (χ1n) is 9.96. The van der Waals surface area contributed by atoms with Crippen molar-refractivity contribution in [3.05, 3.63) is 64.3 Å². The fourth-order valence-corrected chi connectivity index (χ4v) is 4.43. The molecule has 1 aliphatic heterocycles. The Hall–Kier alpha value is -2.80. The Morgan fingerprint density at radius 3 is 2.48 bits per heavy atom. The largest absolute Gasteiger partial charge is 0.355 e. The van der Waals surface area contributed by atoms with Crippen molar-refractivity contribution in [3.63, 3.8) is 0 Å². The third kappa shape index (κ3) is 4.79. The first-order valence-corrected chi connectivity index (χ1v) is 10.8. The number of hydrogen-bond acceptors (Lipinski definition) is 6. The second-order valence-corrected chi connectivity index (χ2v) is 8.71. The zero-order valence-electron chi connectivity index (χ0n) is 16.8. The van der Waals surface area contributed by atoms with Crippen LogP contribution in [0.5, 0.6) is 0 Å². The lowest BCUT2D eigenvalue weighted by atomic mass is 9.90. The molecule has 150 valence electrons. The SMILES string of the molecule is Cc1nc(NC(=O)c2ccc(N3CCC(Cc4ccccc4)CC3)nn2)sc1C. The number of aryl methyl sites for hydroxylation is 2. The van der Waals surface area contributed by atoms with Gasteiger partial charge in [0.25, 0.3) is 5.91 Å². The quantitative estimate of drug-likeness (QED) is 0.684. The molecule has 0 unspecified atom stereocenters. The number of anilines is 2. The average molecular weight is 408 g/mol. The summed E-state index contributed by atoms with van der Waals surface area (Å²) in [5, 5.41) is 11.8. The number of nitrogens with one attached hydrogen (secondary N) is 1. The minimum absolute atomic E-state index is 0.278. The summed E-state index contributed by atoms with van der Waals surface area (Å²) >= 11 is 1.46. The van der Waals surface area contributed by atoms with Crippen molar-refractivity contribution in [2.75, 3.05) is 23.3 Å². The van der Waals surface area contributed by atoms with Crippen molar-refractivity contribution < 1.29 is 4.79 Å². The Kier molecular flexibility index (Phi) is 5.85. The van der Waals surface area contributed by atoms with Gasteiger partial charge in [-0.15, -0.1) is 21.5 Å². The highest BCUT2D eigenvalue weighted by molar-refractivity contribution is 7.15. The smallest absolute Gasteiger partial charge is 0.277 e. The Labute approximate surface area is 175 Å². The molecule has 2 aromatic heterocycles. The fraction of sp³-hybridized carbons (Fsp3) is 0.364. The minimum Gasteiger partial charge on any atom is -0.355 e. The van der Waals surface area contributed by atoms with Gasteiger partial charge in [-0.05, 0) is 56.7 Å². The van der Waals surface area contributed by atoms with E-state index in [1.165, 1.54) is 16.9 Å². The molecule has 0 bridgehead atoms. The molecule has 3 heterocycles. The number of thiazole rings is 1. The van der Waals surface area contributed by atoms with Gasteiger partial charge in [-0.25, -0.2) is 4.98 Å². The molecule has 0 radical (unpaired) electrons. The normalized spacial score (nSPS) is 14.8. The number of rotatable bonds is 5. The first-order chi connectivity index (χ1) is 14.1. The van der Waals surface area contributed by atoms with E-state index in [4.69, 9.17) is 0 Å². The number of carbonyl (C=O) groups excluding carboxylic acids is 1. The molecule has 1 aromatic carbocycles. The number of hydrogen-bond donors (Lipinski definition) is 1. The summed E-state index contributed by atoms with van der Waals surface area (Å²) < 4.78 is 0. The third-order valence-corrected chi connectivity index (χ3v) is 6.43. The third-order valence-electron chi connectivity index (χ3n) is 5.44. The van der Waals surface area contributed by atoms with Crippen LogP contribution in [-0.4, -0.2) is 34.2 Å². The van der Waals surface area contributed by atoms with Gasteiger partial charge in [-0.3, -0.25) is 10.1 Å². The van der Waals surface area contributed by atoms with Crippen molar-refractivity contribution >= 4 is 28.2 Å². The van der Waals surface area contributed by atoms with Gasteiger partial charge in [0.1, 0.15) is 0 Å². The van der Waals surface area contributed by atoms with Crippen LogP contribution in [0.3, 0.4) is 0 Å². The number of benzene rings is 1. The van der Waals surface area contributed by atoms with Crippen molar-refractivity contribution in [2.45, 2.75) is 33.1 Å². The summed E-state index contributed by atoms with van der Waals surface area (Å²) in [5.74, 6) is 1.26. The maximum Gasteiger partial charge on any atom is 0.277 e.